The van der Waals surface area contributed by atoms with E-state index in [1.165, 1.54) is 50.5 Å². The summed E-state index contributed by atoms with van der Waals surface area (Å²) in [4.78, 5) is 0. The number of aliphatic hydroxyl groups is 1. The van der Waals surface area contributed by atoms with Crippen molar-refractivity contribution in [1.82, 2.24) is 0 Å². The quantitative estimate of drug-likeness (QED) is 0.436. The minimum absolute atomic E-state index is 0.287. The van der Waals surface area contributed by atoms with Crippen LogP contribution in [0.2, 0.25) is 0 Å². The van der Waals surface area contributed by atoms with Crippen molar-refractivity contribution in [2.75, 3.05) is 20.7 Å². The van der Waals surface area contributed by atoms with E-state index in [-0.39, 0.29) is 6.61 Å². The van der Waals surface area contributed by atoms with Gasteiger partial charge in [-0.3, -0.25) is 0 Å². The van der Waals surface area contributed by atoms with E-state index in [2.05, 4.69) is 51.4 Å². The Bertz CT molecular complexity index is 375. The predicted octanol–water partition coefficient (Wildman–Crippen LogP) is 4.76. The van der Waals surface area contributed by atoms with Crippen molar-refractivity contribution >= 4 is 0 Å². The van der Waals surface area contributed by atoms with Crippen LogP contribution in [-0.4, -0.2) is 36.3 Å². The fourth-order valence-corrected chi connectivity index (χ4v) is 3.18. The maximum Gasteiger partial charge on any atom is 0.112 e. The van der Waals surface area contributed by atoms with E-state index in [0.717, 1.165) is 17.4 Å². The van der Waals surface area contributed by atoms with Crippen molar-refractivity contribution in [3.8, 4) is 0 Å². The minimum atomic E-state index is 0.287. The van der Waals surface area contributed by atoms with Crippen molar-refractivity contribution in [2.45, 2.75) is 70.9 Å². The van der Waals surface area contributed by atoms with Crippen LogP contribution in [0.1, 0.15) is 63.9 Å². The van der Waals surface area contributed by atoms with Gasteiger partial charge in [0.25, 0.3) is 0 Å². The molecule has 22 heavy (non-hydrogen) atoms. The van der Waals surface area contributed by atoms with Gasteiger partial charge < -0.3 is 9.59 Å². The van der Waals surface area contributed by atoms with Gasteiger partial charge in [-0.05, 0) is 6.42 Å². The molecule has 0 saturated carbocycles. The number of benzene rings is 1. The first-order valence-electron chi connectivity index (χ1n) is 9.07. The number of unbranched alkanes of at least 4 members (excludes halogenated alkanes) is 6. The summed E-state index contributed by atoms with van der Waals surface area (Å²) in [6, 6.07) is 11.0. The van der Waals surface area contributed by atoms with E-state index in [4.69, 9.17) is 0 Å². The Hall–Kier alpha value is -0.860. The molecule has 1 unspecified atom stereocenters. The van der Waals surface area contributed by atoms with Crippen LogP contribution in [0.15, 0.2) is 30.3 Å². The van der Waals surface area contributed by atoms with Crippen molar-refractivity contribution in [3.05, 3.63) is 35.9 Å². The van der Waals surface area contributed by atoms with Crippen LogP contribution >= 0.6 is 0 Å². The third kappa shape index (κ3) is 7.42. The Morgan fingerprint density at radius 3 is 2.09 bits per heavy atom. The summed E-state index contributed by atoms with van der Waals surface area (Å²) in [6.45, 7) is 3.54. The van der Waals surface area contributed by atoms with Gasteiger partial charge in [0.1, 0.15) is 12.6 Å². The van der Waals surface area contributed by atoms with E-state index in [1.54, 1.807) is 0 Å². The van der Waals surface area contributed by atoms with Gasteiger partial charge in [0.15, 0.2) is 0 Å². The van der Waals surface area contributed by atoms with Crippen molar-refractivity contribution in [3.63, 3.8) is 0 Å². The fraction of sp³-hybridized carbons (Fsp3) is 0.700. The number of hydrogen-bond donors (Lipinski definition) is 1. The Labute approximate surface area is 137 Å². The normalized spacial score (nSPS) is 13.3. The second-order valence-corrected chi connectivity index (χ2v) is 7.17. The predicted molar refractivity (Wildman–Crippen MR) is 95.7 cm³/mol. The first-order chi connectivity index (χ1) is 10.6. The van der Waals surface area contributed by atoms with E-state index in [9.17, 15) is 5.11 Å². The van der Waals surface area contributed by atoms with Gasteiger partial charge in [-0.1, -0.05) is 75.8 Å². The molecule has 0 spiro atoms. The minimum Gasteiger partial charge on any atom is -0.390 e. The van der Waals surface area contributed by atoms with Gasteiger partial charge in [0, 0.05) is 12.0 Å². The lowest BCUT2D eigenvalue weighted by molar-refractivity contribution is -0.928. The molecule has 126 valence electrons. The highest BCUT2D eigenvalue weighted by Crippen LogP contribution is 2.19. The zero-order chi connectivity index (χ0) is 16.3. The second kappa shape index (κ2) is 10.8. The summed E-state index contributed by atoms with van der Waals surface area (Å²) >= 11 is 0. The third-order valence-electron chi connectivity index (χ3n) is 4.77. The molecule has 2 nitrogen and oxygen atoms in total. The average molecular weight is 307 g/mol. The molecule has 1 aromatic carbocycles. The first-order valence-corrected chi connectivity index (χ1v) is 9.07. The lowest BCUT2D eigenvalue weighted by Crippen LogP contribution is -2.50. The van der Waals surface area contributed by atoms with E-state index in [1.807, 2.05) is 0 Å². The summed E-state index contributed by atoms with van der Waals surface area (Å²) in [5, 5.41) is 9.80. The molecular formula is C20H36NO+. The summed E-state index contributed by atoms with van der Waals surface area (Å²) in [6.07, 6.45) is 10.5. The van der Waals surface area contributed by atoms with Crippen LogP contribution in [0.4, 0.5) is 0 Å². The molecule has 0 fully saturated rings. The number of aliphatic hydroxyl groups excluding tert-OH is 1. The van der Waals surface area contributed by atoms with Gasteiger partial charge in [-0.25, -0.2) is 0 Å². The molecule has 1 rings (SSSR count). The van der Waals surface area contributed by atoms with Crippen LogP contribution in [0.5, 0.6) is 0 Å². The third-order valence-corrected chi connectivity index (χ3v) is 4.77. The highest BCUT2D eigenvalue weighted by molar-refractivity contribution is 5.13. The summed E-state index contributed by atoms with van der Waals surface area (Å²) in [5.74, 6) is 0. The van der Waals surface area contributed by atoms with Crippen molar-refractivity contribution < 1.29 is 9.59 Å². The molecule has 1 atom stereocenters. The Morgan fingerprint density at radius 1 is 0.909 bits per heavy atom. The number of rotatable bonds is 12. The Morgan fingerprint density at radius 2 is 1.50 bits per heavy atom. The van der Waals surface area contributed by atoms with Crippen LogP contribution < -0.4 is 0 Å². The standard InChI is InChI=1S/C20H36NO/c1-4-5-6-7-8-9-13-16-20(18-22)21(2,3)17-19-14-11-10-12-15-19/h10-12,14-15,20,22H,4-9,13,16-18H2,1-3H3/q+1. The zero-order valence-electron chi connectivity index (χ0n) is 14.9. The first kappa shape index (κ1) is 19.2. The highest BCUT2D eigenvalue weighted by atomic mass is 16.3. The highest BCUT2D eigenvalue weighted by Gasteiger charge is 2.27. The molecule has 0 saturated heterocycles. The molecule has 0 aliphatic heterocycles. The van der Waals surface area contributed by atoms with Crippen LogP contribution in [0, 0.1) is 0 Å². The monoisotopic (exact) mass is 306 g/mol. The Kier molecular flexibility index (Phi) is 9.42. The SMILES string of the molecule is CCCCCCCCCC(CO)[N+](C)(C)Cc1ccccc1. The van der Waals surface area contributed by atoms with Gasteiger partial charge in [0.2, 0.25) is 0 Å². The average Bonchev–Trinajstić information content (AvgIpc) is 2.50. The molecule has 1 N–H and O–H groups in total. The van der Waals surface area contributed by atoms with Gasteiger partial charge in [-0.15, -0.1) is 0 Å². The zero-order valence-corrected chi connectivity index (χ0v) is 14.9. The number of nitrogens with zero attached hydrogens (tertiary/aromatic N) is 1. The molecule has 0 heterocycles. The number of hydrogen-bond acceptors (Lipinski definition) is 1. The van der Waals surface area contributed by atoms with Crippen molar-refractivity contribution in [2.24, 2.45) is 0 Å². The second-order valence-electron chi connectivity index (χ2n) is 7.17. The number of likely N-dealkylation sites (N-methyl/N-ethyl adjacent to an activating group) is 1. The smallest absolute Gasteiger partial charge is 0.112 e. The molecule has 0 aliphatic carbocycles. The van der Waals surface area contributed by atoms with E-state index < -0.39 is 0 Å². The van der Waals surface area contributed by atoms with Gasteiger partial charge in [0.05, 0.1) is 20.7 Å². The van der Waals surface area contributed by atoms with Crippen molar-refractivity contribution in [1.29, 1.82) is 0 Å². The van der Waals surface area contributed by atoms with Crippen LogP contribution in [0.25, 0.3) is 0 Å². The molecule has 0 bridgehead atoms. The molecule has 0 aliphatic rings. The summed E-state index contributed by atoms with van der Waals surface area (Å²) < 4.78 is 0.871. The molecule has 1 aromatic rings. The molecule has 2 heteroatoms. The van der Waals surface area contributed by atoms with Crippen LogP contribution in [-0.2, 0) is 6.54 Å². The lowest BCUT2D eigenvalue weighted by Gasteiger charge is -2.37. The summed E-state index contributed by atoms with van der Waals surface area (Å²) in [7, 11) is 4.49. The largest absolute Gasteiger partial charge is 0.390 e. The lowest BCUT2D eigenvalue weighted by atomic mass is 10.0. The van der Waals surface area contributed by atoms with Gasteiger partial charge >= 0.3 is 0 Å². The molecule has 0 radical (unpaired) electrons. The summed E-state index contributed by atoms with van der Waals surface area (Å²) in [5.41, 5.74) is 1.35. The molecular weight excluding hydrogens is 270 g/mol. The maximum atomic E-state index is 9.80. The molecule has 0 aromatic heterocycles. The van der Waals surface area contributed by atoms with Gasteiger partial charge in [-0.2, -0.15) is 0 Å². The maximum absolute atomic E-state index is 9.80. The van der Waals surface area contributed by atoms with Crippen LogP contribution in [0.3, 0.4) is 0 Å². The molecule has 0 amide bonds. The van der Waals surface area contributed by atoms with E-state index in [0.29, 0.717) is 6.04 Å². The topological polar surface area (TPSA) is 20.2 Å². The van der Waals surface area contributed by atoms with E-state index >= 15 is 0 Å². The Balaban J connectivity index is 2.32. The fourth-order valence-electron chi connectivity index (χ4n) is 3.18. The number of quaternary nitrogens is 1.